The summed E-state index contributed by atoms with van der Waals surface area (Å²) >= 11 is 0. The number of anilines is 2. The van der Waals surface area contributed by atoms with Crippen molar-refractivity contribution in [2.45, 2.75) is 18.3 Å². The lowest BCUT2D eigenvalue weighted by atomic mass is 9.91. The maximum atomic E-state index is 14.7. The van der Waals surface area contributed by atoms with Gasteiger partial charge in [0.1, 0.15) is 17.2 Å². The van der Waals surface area contributed by atoms with Gasteiger partial charge in [-0.05, 0) is 41.5 Å². The number of nitrogens with two attached hydrogens (primary N) is 1. The highest BCUT2D eigenvalue weighted by Crippen LogP contribution is 2.63. The van der Waals surface area contributed by atoms with Gasteiger partial charge in [-0.15, -0.1) is 0 Å². The third-order valence-corrected chi connectivity index (χ3v) is 8.17. The minimum Gasteiger partial charge on any atom is -0.355 e. The van der Waals surface area contributed by atoms with Crippen LogP contribution in [-0.2, 0) is 16.6 Å². The molecule has 3 atom stereocenters. The van der Waals surface area contributed by atoms with Gasteiger partial charge in [-0.25, -0.2) is 14.4 Å². The van der Waals surface area contributed by atoms with Crippen LogP contribution in [0.5, 0.6) is 0 Å². The smallest absolute Gasteiger partial charge is 0.228 e. The number of fused-ring (bicyclic) bond motifs is 3. The lowest BCUT2D eigenvalue weighted by molar-refractivity contribution is -0.115. The van der Waals surface area contributed by atoms with E-state index in [0.717, 1.165) is 53.4 Å². The first kappa shape index (κ1) is 20.5. The molecule has 2 aromatic carbocycles. The van der Waals surface area contributed by atoms with E-state index in [1.54, 1.807) is 12.3 Å². The summed E-state index contributed by atoms with van der Waals surface area (Å²) in [7, 11) is 0. The maximum Gasteiger partial charge on any atom is 0.228 e. The molecule has 4 heterocycles. The molecule has 1 amide bonds. The Morgan fingerprint density at radius 2 is 2.06 bits per heavy atom. The van der Waals surface area contributed by atoms with E-state index in [2.05, 4.69) is 20.4 Å². The van der Waals surface area contributed by atoms with Gasteiger partial charge in [0.25, 0.3) is 0 Å². The fourth-order valence-corrected chi connectivity index (χ4v) is 6.45. The van der Waals surface area contributed by atoms with Crippen LogP contribution in [0, 0.1) is 17.7 Å². The van der Waals surface area contributed by atoms with E-state index >= 15 is 0 Å². The topological polar surface area (TPSA) is 113 Å². The van der Waals surface area contributed by atoms with Crippen molar-refractivity contribution in [2.75, 3.05) is 29.9 Å². The van der Waals surface area contributed by atoms with E-state index in [-0.39, 0.29) is 23.1 Å². The Kier molecular flexibility index (Phi) is 4.29. The molecule has 176 valence electrons. The number of aromatic amines is 1. The fraction of sp³-hybridized carbons (Fsp3) is 0.308. The van der Waals surface area contributed by atoms with Gasteiger partial charge in [0.05, 0.1) is 18.3 Å². The molecule has 1 aliphatic carbocycles. The Bertz CT molecular complexity index is 1500. The number of amides is 1. The highest BCUT2D eigenvalue weighted by molar-refractivity contribution is 6.03. The summed E-state index contributed by atoms with van der Waals surface area (Å²) in [5.41, 5.74) is 11.3. The van der Waals surface area contributed by atoms with E-state index in [9.17, 15) is 9.18 Å². The van der Waals surface area contributed by atoms with Crippen LogP contribution < -0.4 is 16.0 Å². The van der Waals surface area contributed by atoms with Gasteiger partial charge in [0.15, 0.2) is 0 Å². The predicted molar refractivity (Wildman–Crippen MR) is 130 cm³/mol. The number of H-pyrrole nitrogens is 1. The number of nitrogens with one attached hydrogen (secondary N) is 2. The Morgan fingerprint density at radius 1 is 1.17 bits per heavy atom. The molecule has 4 N–H and O–H groups in total. The number of nitrogens with zero attached hydrogens (tertiary/aromatic N) is 4. The Morgan fingerprint density at radius 3 is 2.91 bits per heavy atom. The van der Waals surface area contributed by atoms with Crippen LogP contribution in [0.1, 0.15) is 17.5 Å². The summed E-state index contributed by atoms with van der Waals surface area (Å²) in [4.78, 5) is 23.6. The van der Waals surface area contributed by atoms with Gasteiger partial charge in [-0.3, -0.25) is 9.89 Å². The summed E-state index contributed by atoms with van der Waals surface area (Å²) in [5, 5.41) is 10.4. The van der Waals surface area contributed by atoms with Crippen molar-refractivity contribution in [1.82, 2.24) is 20.2 Å². The molecule has 4 aromatic rings. The van der Waals surface area contributed by atoms with Crippen molar-refractivity contribution in [3.8, 4) is 11.3 Å². The number of carbonyl (C=O) groups excluding carboxylic acids is 1. The maximum absolute atomic E-state index is 14.7. The zero-order valence-corrected chi connectivity index (χ0v) is 19.0. The number of carbonyl (C=O) groups is 1. The predicted octanol–water partition coefficient (Wildman–Crippen LogP) is 3.01. The van der Waals surface area contributed by atoms with Crippen LogP contribution in [0.25, 0.3) is 22.4 Å². The minimum absolute atomic E-state index is 0.0166. The Balaban J connectivity index is 1.19. The van der Waals surface area contributed by atoms with E-state index in [1.165, 1.54) is 6.07 Å². The largest absolute Gasteiger partial charge is 0.355 e. The second-order valence-corrected chi connectivity index (χ2v) is 9.73. The number of halogens is 1. The molecule has 8 nitrogen and oxygen atoms in total. The molecule has 2 aliphatic heterocycles. The highest BCUT2D eigenvalue weighted by Gasteiger charge is 2.66. The molecule has 1 saturated heterocycles. The number of hydrogen-bond acceptors (Lipinski definition) is 6. The second-order valence-electron chi connectivity index (χ2n) is 9.73. The molecule has 35 heavy (non-hydrogen) atoms. The Hall–Kier alpha value is -3.85. The molecule has 3 aliphatic rings. The Labute approximate surface area is 200 Å². The number of hydrogen-bond donors (Lipinski definition) is 3. The van der Waals surface area contributed by atoms with Gasteiger partial charge >= 0.3 is 0 Å². The molecule has 2 fully saturated rings. The number of rotatable bonds is 4. The van der Waals surface area contributed by atoms with Gasteiger partial charge in [-0.2, -0.15) is 5.10 Å². The quantitative estimate of drug-likeness (QED) is 0.424. The van der Waals surface area contributed by atoms with Crippen molar-refractivity contribution < 1.29 is 9.18 Å². The molecule has 0 spiro atoms. The zero-order valence-electron chi connectivity index (χ0n) is 19.0. The van der Waals surface area contributed by atoms with Crippen molar-refractivity contribution in [2.24, 2.45) is 17.6 Å². The number of aromatic nitrogens is 4. The monoisotopic (exact) mass is 469 g/mol. The first-order chi connectivity index (χ1) is 17.1. The molecule has 0 radical (unpaired) electrons. The van der Waals surface area contributed by atoms with Crippen LogP contribution in [0.3, 0.4) is 0 Å². The molecule has 0 unspecified atom stereocenters. The molecular formula is C26H24FN7O. The summed E-state index contributed by atoms with van der Waals surface area (Å²) in [6, 6.07) is 12.8. The molecular weight excluding hydrogens is 445 g/mol. The van der Waals surface area contributed by atoms with Crippen LogP contribution in [0.2, 0.25) is 0 Å². The van der Waals surface area contributed by atoms with E-state index in [0.29, 0.717) is 30.0 Å². The molecule has 2 aromatic heterocycles. The normalized spacial score (nSPS) is 24.9. The number of benzene rings is 2. The summed E-state index contributed by atoms with van der Waals surface area (Å²) in [6.45, 7) is 2.01. The average molecular weight is 470 g/mol. The molecule has 7 rings (SSSR count). The SMILES string of the molecule is NC[C@]1(c2ccccc2F)[C@@H]2CCN(c3cnc4c(-c5cccc6c5CC(=O)N6)[nH]nc4n3)C[C@@H]21. The van der Waals surface area contributed by atoms with E-state index in [1.807, 2.05) is 30.3 Å². The first-order valence-electron chi connectivity index (χ1n) is 11.9. The van der Waals surface area contributed by atoms with Gasteiger partial charge in [-0.1, -0.05) is 30.3 Å². The summed E-state index contributed by atoms with van der Waals surface area (Å²) < 4.78 is 14.7. The zero-order chi connectivity index (χ0) is 23.7. The van der Waals surface area contributed by atoms with Crippen LogP contribution in [0.4, 0.5) is 15.9 Å². The average Bonchev–Trinajstić information content (AvgIpc) is 3.12. The highest BCUT2D eigenvalue weighted by atomic mass is 19.1. The van der Waals surface area contributed by atoms with Gasteiger partial charge in [0, 0.05) is 36.3 Å². The number of piperidine rings is 1. The van der Waals surface area contributed by atoms with Crippen LogP contribution >= 0.6 is 0 Å². The van der Waals surface area contributed by atoms with Gasteiger partial charge < -0.3 is 16.0 Å². The van der Waals surface area contributed by atoms with Crippen molar-refractivity contribution in [3.05, 3.63) is 65.6 Å². The van der Waals surface area contributed by atoms with Crippen molar-refractivity contribution >= 4 is 28.6 Å². The summed E-state index contributed by atoms with van der Waals surface area (Å²) in [5.74, 6) is 1.23. The van der Waals surface area contributed by atoms with Crippen molar-refractivity contribution in [1.29, 1.82) is 0 Å². The standard InChI is InChI=1S/C26H24FN7O/c27-19-6-2-1-5-17(19)26(13-28)16-8-9-34(12-18(16)26)21-11-29-24-23(32-33-25(24)31-21)14-4-3-7-20-15(14)10-22(35)30-20/h1-7,11,16,18H,8-10,12-13,28H2,(H,30,35)(H,31,32,33)/t16-,18+,26-/m1/s1. The molecule has 9 heteroatoms. The third-order valence-electron chi connectivity index (χ3n) is 8.17. The first-order valence-corrected chi connectivity index (χ1v) is 11.9. The molecule has 0 bridgehead atoms. The summed E-state index contributed by atoms with van der Waals surface area (Å²) in [6.07, 6.45) is 3.04. The second kappa shape index (κ2) is 7.32. The van der Waals surface area contributed by atoms with Crippen molar-refractivity contribution in [3.63, 3.8) is 0 Å². The lowest BCUT2D eigenvalue weighted by Crippen LogP contribution is -2.32. The van der Waals surface area contributed by atoms with E-state index < -0.39 is 0 Å². The van der Waals surface area contributed by atoms with Crippen LogP contribution in [0.15, 0.2) is 48.7 Å². The minimum atomic E-state index is -0.309. The van der Waals surface area contributed by atoms with Crippen LogP contribution in [-0.4, -0.2) is 45.7 Å². The lowest BCUT2D eigenvalue weighted by Gasteiger charge is -2.26. The molecule has 1 saturated carbocycles. The van der Waals surface area contributed by atoms with Gasteiger partial charge in [0.2, 0.25) is 11.6 Å². The third kappa shape index (κ3) is 2.88. The van der Waals surface area contributed by atoms with E-state index in [4.69, 9.17) is 15.7 Å². The fourth-order valence-electron chi connectivity index (χ4n) is 6.45.